The van der Waals surface area contributed by atoms with Crippen LogP contribution in [-0.2, 0) is 22.3 Å². The zero-order valence-corrected chi connectivity index (χ0v) is 24.8. The second-order valence-electron chi connectivity index (χ2n) is 12.1. The molecule has 0 aliphatic carbocycles. The lowest BCUT2D eigenvalue weighted by molar-refractivity contribution is 0.00578. The van der Waals surface area contributed by atoms with E-state index in [1.54, 1.807) is 0 Å². The van der Waals surface area contributed by atoms with E-state index in [1.807, 2.05) is 25.3 Å². The Morgan fingerprint density at radius 2 is 1.62 bits per heavy atom. The molecule has 204 valence electrons. The van der Waals surface area contributed by atoms with Gasteiger partial charge in [0.05, 0.1) is 16.9 Å². The highest BCUT2D eigenvalue weighted by atomic mass is 35.5. The van der Waals surface area contributed by atoms with Crippen molar-refractivity contribution in [1.82, 2.24) is 14.5 Å². The van der Waals surface area contributed by atoms with Crippen LogP contribution in [0.2, 0.25) is 5.15 Å². The summed E-state index contributed by atoms with van der Waals surface area (Å²) in [5.74, 6) is 0.350. The van der Waals surface area contributed by atoms with Crippen LogP contribution in [0.25, 0.3) is 33.1 Å². The predicted octanol–water partition coefficient (Wildman–Crippen LogP) is 7.39. The Morgan fingerprint density at radius 1 is 0.900 bits per heavy atom. The molecule has 1 aliphatic rings. The summed E-state index contributed by atoms with van der Waals surface area (Å²) < 4.78 is 15.2. The number of halogens is 1. The molecule has 1 atom stereocenters. The molecule has 5 aromatic rings. The molecule has 1 saturated heterocycles. The molecule has 0 amide bonds. The van der Waals surface area contributed by atoms with Crippen LogP contribution in [0.3, 0.4) is 0 Å². The summed E-state index contributed by atoms with van der Waals surface area (Å²) in [6, 6.07) is 23.4. The van der Waals surface area contributed by atoms with Gasteiger partial charge in [0.15, 0.2) is 0 Å². The van der Waals surface area contributed by atoms with Gasteiger partial charge >= 0.3 is 7.12 Å². The quantitative estimate of drug-likeness (QED) is 0.163. The third-order valence-corrected chi connectivity index (χ3v) is 8.73. The van der Waals surface area contributed by atoms with Gasteiger partial charge in [0.1, 0.15) is 5.15 Å². The van der Waals surface area contributed by atoms with Gasteiger partial charge in [-0.3, -0.25) is 4.98 Å². The zero-order valence-electron chi connectivity index (χ0n) is 24.0. The number of para-hydroxylation sites is 1. The van der Waals surface area contributed by atoms with Gasteiger partial charge in [-0.25, -0.2) is 4.98 Å². The third kappa shape index (κ3) is 4.83. The number of fused-ring (bicyclic) bond motifs is 3. The average Bonchev–Trinajstić information content (AvgIpc) is 3.34. The van der Waals surface area contributed by atoms with Crippen molar-refractivity contribution in [3.05, 3.63) is 89.3 Å². The molecule has 0 N–H and O–H groups in total. The molecule has 0 spiro atoms. The summed E-state index contributed by atoms with van der Waals surface area (Å²) in [6.07, 6.45) is 2.69. The van der Waals surface area contributed by atoms with Crippen molar-refractivity contribution in [3.8, 4) is 11.3 Å². The third-order valence-electron chi connectivity index (χ3n) is 8.50. The van der Waals surface area contributed by atoms with Crippen LogP contribution in [0, 0.1) is 12.8 Å². The summed E-state index contributed by atoms with van der Waals surface area (Å²) >= 11 is 6.06. The number of pyridine rings is 2. The smallest absolute Gasteiger partial charge is 0.399 e. The van der Waals surface area contributed by atoms with Crippen LogP contribution in [0.1, 0.15) is 45.9 Å². The van der Waals surface area contributed by atoms with E-state index in [-0.39, 0.29) is 11.2 Å². The van der Waals surface area contributed by atoms with Crippen LogP contribution in [0.4, 0.5) is 0 Å². The van der Waals surface area contributed by atoms with E-state index in [0.717, 1.165) is 35.4 Å². The van der Waals surface area contributed by atoms with E-state index >= 15 is 0 Å². The number of nitrogens with zero attached hydrogens (tertiary/aromatic N) is 3. The molecule has 0 bridgehead atoms. The van der Waals surface area contributed by atoms with E-state index < -0.39 is 7.12 Å². The normalized spacial score (nSPS) is 17.1. The lowest BCUT2D eigenvalue weighted by atomic mass is 9.79. The average molecular weight is 552 g/mol. The molecule has 6 rings (SSSR count). The first kappa shape index (κ1) is 27.0. The number of aryl methyl sites for hydroxylation is 1. The molecule has 4 heterocycles. The molecule has 1 aliphatic heterocycles. The second-order valence-corrected chi connectivity index (χ2v) is 12.5. The van der Waals surface area contributed by atoms with E-state index in [2.05, 4.69) is 98.8 Å². The largest absolute Gasteiger partial charge is 0.494 e. The van der Waals surface area contributed by atoms with Gasteiger partial charge < -0.3 is 13.9 Å². The van der Waals surface area contributed by atoms with Gasteiger partial charge in [-0.05, 0) is 88.3 Å². The first-order valence-electron chi connectivity index (χ1n) is 14.0. The van der Waals surface area contributed by atoms with Crippen molar-refractivity contribution in [3.63, 3.8) is 0 Å². The summed E-state index contributed by atoms with van der Waals surface area (Å²) in [6.45, 7) is 13.6. The van der Waals surface area contributed by atoms with Crippen LogP contribution in [-0.4, -0.2) is 32.9 Å². The Kier molecular flexibility index (Phi) is 6.77. The summed E-state index contributed by atoms with van der Waals surface area (Å²) in [4.78, 5) is 9.18. The van der Waals surface area contributed by atoms with Gasteiger partial charge in [-0.2, -0.15) is 0 Å². The molecule has 2 aromatic carbocycles. The van der Waals surface area contributed by atoms with Crippen LogP contribution >= 0.6 is 11.6 Å². The van der Waals surface area contributed by atoms with Gasteiger partial charge in [0.25, 0.3) is 0 Å². The topological polar surface area (TPSA) is 49.2 Å². The van der Waals surface area contributed by atoms with Crippen LogP contribution < -0.4 is 5.46 Å². The van der Waals surface area contributed by atoms with Crippen LogP contribution in [0.5, 0.6) is 0 Å². The highest BCUT2D eigenvalue weighted by molar-refractivity contribution is 6.62. The Balaban J connectivity index is 1.36. The van der Waals surface area contributed by atoms with Gasteiger partial charge in [0.2, 0.25) is 0 Å². The van der Waals surface area contributed by atoms with Crippen molar-refractivity contribution in [2.24, 2.45) is 5.92 Å². The van der Waals surface area contributed by atoms with Gasteiger partial charge in [0, 0.05) is 45.8 Å². The summed E-state index contributed by atoms with van der Waals surface area (Å²) in [7, 11) is -0.396. The molecular weight excluding hydrogens is 517 g/mol. The molecule has 0 radical (unpaired) electrons. The summed E-state index contributed by atoms with van der Waals surface area (Å²) in [5.41, 5.74) is 6.87. The molecule has 5 nitrogen and oxygen atoms in total. The number of hydrogen-bond acceptors (Lipinski definition) is 4. The lowest BCUT2D eigenvalue weighted by Crippen LogP contribution is -2.41. The molecule has 1 fully saturated rings. The van der Waals surface area contributed by atoms with Crippen molar-refractivity contribution < 1.29 is 9.31 Å². The number of aromatic nitrogens is 3. The minimum atomic E-state index is -0.396. The maximum Gasteiger partial charge on any atom is 0.494 e. The number of benzene rings is 2. The Hall–Kier alpha value is -3.19. The first-order chi connectivity index (χ1) is 19.0. The van der Waals surface area contributed by atoms with Crippen molar-refractivity contribution >= 4 is 46.0 Å². The fourth-order valence-electron chi connectivity index (χ4n) is 5.66. The van der Waals surface area contributed by atoms with Crippen LogP contribution in [0.15, 0.2) is 72.9 Å². The van der Waals surface area contributed by atoms with E-state index in [4.69, 9.17) is 25.9 Å². The van der Waals surface area contributed by atoms with Crippen molar-refractivity contribution in [2.45, 2.75) is 65.7 Å². The molecular formula is C33H35BClN3O2. The molecule has 3 aromatic heterocycles. The maximum atomic E-state index is 6.39. The predicted molar refractivity (Wildman–Crippen MR) is 165 cm³/mol. The van der Waals surface area contributed by atoms with Gasteiger partial charge in [-0.15, -0.1) is 0 Å². The lowest BCUT2D eigenvalue weighted by Gasteiger charge is -2.32. The molecule has 40 heavy (non-hydrogen) atoms. The minimum absolute atomic E-state index is 0.350. The molecule has 1 unspecified atom stereocenters. The second kappa shape index (κ2) is 10.0. The monoisotopic (exact) mass is 551 g/mol. The van der Waals surface area contributed by atoms with Gasteiger partial charge in [-0.1, -0.05) is 54.9 Å². The summed E-state index contributed by atoms with van der Waals surface area (Å²) in [5, 5.41) is 2.99. The highest BCUT2D eigenvalue weighted by Gasteiger charge is 2.51. The minimum Gasteiger partial charge on any atom is -0.399 e. The first-order valence-corrected chi connectivity index (χ1v) is 14.4. The zero-order chi connectivity index (χ0) is 28.2. The Bertz CT molecular complexity index is 1700. The number of rotatable bonds is 6. The number of hydrogen-bond donors (Lipinski definition) is 0. The molecule has 0 saturated carbocycles. The van der Waals surface area contributed by atoms with Crippen molar-refractivity contribution in [1.29, 1.82) is 0 Å². The van der Waals surface area contributed by atoms with E-state index in [9.17, 15) is 0 Å². The fraction of sp³-hybridized carbons (Fsp3) is 0.333. The SMILES string of the molecule is Cc1ccc(CC(C)Cn2c3ccccc3c3ccc(B4OC(C)(C)C(C)(C)O4)cc32)c(-c2ccc(Cl)nc2)n1. The molecule has 7 heteroatoms. The maximum absolute atomic E-state index is 6.39. The standard InChI is InChI=1S/C33H35BClN3O2/c1-21(17-23-12-11-22(2)37-31(23)24-13-16-30(35)36-19-24)20-38-28-10-8-7-9-26(28)27-15-14-25(18-29(27)38)34-39-32(3,4)33(5,6)40-34/h7-16,18-19,21H,17,20H2,1-6H3. The van der Waals surface area contributed by atoms with Crippen molar-refractivity contribution in [2.75, 3.05) is 0 Å². The Morgan fingerprint density at radius 3 is 2.35 bits per heavy atom. The highest BCUT2D eigenvalue weighted by Crippen LogP contribution is 2.37. The fourth-order valence-corrected chi connectivity index (χ4v) is 5.77. The van der Waals surface area contributed by atoms with E-state index in [1.165, 1.54) is 27.4 Å². The Labute approximate surface area is 241 Å². The van der Waals surface area contributed by atoms with E-state index in [0.29, 0.717) is 11.1 Å².